The highest BCUT2D eigenvalue weighted by Crippen LogP contribution is 1.99. The van der Waals surface area contributed by atoms with Gasteiger partial charge in [-0.3, -0.25) is 4.98 Å². The van der Waals surface area contributed by atoms with Crippen molar-refractivity contribution in [3.05, 3.63) is 29.8 Å². The summed E-state index contributed by atoms with van der Waals surface area (Å²) in [5, 5.41) is 6.56. The minimum atomic E-state index is -0.280. The molecule has 0 radical (unpaired) electrons. The van der Waals surface area contributed by atoms with Crippen LogP contribution < -0.4 is 10.6 Å². The van der Waals surface area contributed by atoms with Gasteiger partial charge in [0, 0.05) is 25.8 Å². The Balaban J connectivity index is 2.07. The van der Waals surface area contributed by atoms with Gasteiger partial charge >= 0.3 is 0 Å². The molecule has 0 atom stereocenters. The largest absolute Gasteiger partial charge is 0.315 e. The lowest BCUT2D eigenvalue weighted by atomic mass is 10.2. The van der Waals surface area contributed by atoms with Crippen LogP contribution in [0.15, 0.2) is 18.5 Å². The van der Waals surface area contributed by atoms with Crippen LogP contribution in [0.4, 0.5) is 4.39 Å². The Morgan fingerprint density at radius 1 is 1.25 bits per heavy atom. The molecule has 0 bridgehead atoms. The molecule has 0 aliphatic carbocycles. The third kappa shape index (κ3) is 5.78. The van der Waals surface area contributed by atoms with Crippen LogP contribution in [0.2, 0.25) is 0 Å². The molecule has 0 amide bonds. The predicted octanol–water partition coefficient (Wildman–Crippen LogP) is 1.56. The van der Waals surface area contributed by atoms with Crippen molar-refractivity contribution in [2.45, 2.75) is 20.4 Å². The van der Waals surface area contributed by atoms with Gasteiger partial charge in [0.1, 0.15) is 5.82 Å². The highest BCUT2D eigenvalue weighted by atomic mass is 19.1. The Bertz CT molecular complexity index is 302. The Morgan fingerprint density at radius 2 is 2.00 bits per heavy atom. The van der Waals surface area contributed by atoms with E-state index in [9.17, 15) is 4.39 Å². The van der Waals surface area contributed by atoms with E-state index in [1.165, 1.54) is 12.3 Å². The van der Waals surface area contributed by atoms with E-state index in [2.05, 4.69) is 29.5 Å². The summed E-state index contributed by atoms with van der Waals surface area (Å²) in [4.78, 5) is 3.79. The molecular formula is C12H20FN3. The number of pyridine rings is 1. The fraction of sp³-hybridized carbons (Fsp3) is 0.583. The lowest BCUT2D eigenvalue weighted by Crippen LogP contribution is -2.29. The minimum Gasteiger partial charge on any atom is -0.315 e. The first kappa shape index (κ1) is 13.1. The Labute approximate surface area is 96.5 Å². The quantitative estimate of drug-likeness (QED) is 0.691. The molecule has 4 heteroatoms. The zero-order valence-corrected chi connectivity index (χ0v) is 9.96. The number of halogens is 1. The van der Waals surface area contributed by atoms with Crippen molar-refractivity contribution in [2.24, 2.45) is 5.92 Å². The molecule has 16 heavy (non-hydrogen) atoms. The zero-order valence-electron chi connectivity index (χ0n) is 9.96. The Hall–Kier alpha value is -1.00. The van der Waals surface area contributed by atoms with Crippen LogP contribution in [0.25, 0.3) is 0 Å². The number of nitrogens with zero attached hydrogens (tertiary/aromatic N) is 1. The van der Waals surface area contributed by atoms with Gasteiger partial charge in [0.2, 0.25) is 0 Å². The van der Waals surface area contributed by atoms with Crippen molar-refractivity contribution in [3.8, 4) is 0 Å². The van der Waals surface area contributed by atoms with Crippen LogP contribution in [0.3, 0.4) is 0 Å². The van der Waals surface area contributed by atoms with Crippen LogP contribution in [0, 0.1) is 11.7 Å². The summed E-state index contributed by atoms with van der Waals surface area (Å²) in [6.07, 6.45) is 2.89. The first-order valence-electron chi connectivity index (χ1n) is 5.69. The molecule has 90 valence electrons. The molecule has 0 saturated heterocycles. The van der Waals surface area contributed by atoms with E-state index in [1.807, 2.05) is 0 Å². The van der Waals surface area contributed by atoms with Gasteiger partial charge in [0.15, 0.2) is 0 Å². The van der Waals surface area contributed by atoms with Crippen molar-refractivity contribution in [1.29, 1.82) is 0 Å². The second-order valence-electron chi connectivity index (χ2n) is 4.29. The van der Waals surface area contributed by atoms with E-state index < -0.39 is 0 Å². The molecule has 0 aliphatic heterocycles. The van der Waals surface area contributed by atoms with Crippen molar-refractivity contribution in [3.63, 3.8) is 0 Å². The molecule has 2 N–H and O–H groups in total. The smallest absolute Gasteiger partial charge is 0.141 e. The van der Waals surface area contributed by atoms with E-state index in [-0.39, 0.29) is 5.82 Å². The van der Waals surface area contributed by atoms with Gasteiger partial charge in [-0.15, -0.1) is 0 Å². The Morgan fingerprint density at radius 3 is 2.69 bits per heavy atom. The van der Waals surface area contributed by atoms with Gasteiger partial charge in [-0.1, -0.05) is 13.8 Å². The van der Waals surface area contributed by atoms with E-state index >= 15 is 0 Å². The molecular weight excluding hydrogens is 205 g/mol. The van der Waals surface area contributed by atoms with Crippen molar-refractivity contribution < 1.29 is 4.39 Å². The molecule has 1 heterocycles. The molecule has 3 nitrogen and oxygen atoms in total. The van der Waals surface area contributed by atoms with Crippen LogP contribution in [-0.2, 0) is 6.54 Å². The van der Waals surface area contributed by atoms with Crippen LogP contribution in [0.5, 0.6) is 0 Å². The molecule has 0 unspecified atom stereocenters. The second-order valence-corrected chi connectivity index (χ2v) is 4.29. The van der Waals surface area contributed by atoms with E-state index in [4.69, 9.17) is 0 Å². The van der Waals surface area contributed by atoms with Crippen LogP contribution in [-0.4, -0.2) is 24.6 Å². The number of hydrogen-bond donors (Lipinski definition) is 2. The highest BCUT2D eigenvalue weighted by molar-refractivity contribution is 5.09. The third-order valence-corrected chi connectivity index (χ3v) is 2.12. The maximum absolute atomic E-state index is 12.8. The average molecular weight is 225 g/mol. The maximum Gasteiger partial charge on any atom is 0.141 e. The average Bonchev–Trinajstić information content (AvgIpc) is 2.23. The minimum absolute atomic E-state index is 0.280. The van der Waals surface area contributed by atoms with Gasteiger partial charge in [0.25, 0.3) is 0 Å². The van der Waals surface area contributed by atoms with Crippen LogP contribution >= 0.6 is 0 Å². The second kappa shape index (κ2) is 7.30. The summed E-state index contributed by atoms with van der Waals surface area (Å²) in [5.41, 5.74) is 0.879. The third-order valence-electron chi connectivity index (χ3n) is 2.12. The molecule has 1 aromatic rings. The molecule has 0 aliphatic rings. The van der Waals surface area contributed by atoms with E-state index in [1.54, 1.807) is 6.20 Å². The number of aromatic nitrogens is 1. The van der Waals surface area contributed by atoms with E-state index in [0.717, 1.165) is 25.2 Å². The van der Waals surface area contributed by atoms with Gasteiger partial charge in [-0.05, 0) is 24.1 Å². The first-order chi connectivity index (χ1) is 7.68. The van der Waals surface area contributed by atoms with Crippen molar-refractivity contribution in [1.82, 2.24) is 15.6 Å². The highest BCUT2D eigenvalue weighted by Gasteiger charge is 1.96. The van der Waals surface area contributed by atoms with Crippen LogP contribution in [0.1, 0.15) is 19.4 Å². The Kier molecular flexibility index (Phi) is 5.96. The fourth-order valence-electron chi connectivity index (χ4n) is 1.35. The van der Waals surface area contributed by atoms with Gasteiger partial charge < -0.3 is 10.6 Å². The lowest BCUT2D eigenvalue weighted by Gasteiger charge is -2.08. The fourth-order valence-corrected chi connectivity index (χ4v) is 1.35. The standard InChI is InChI=1S/C12H20FN3/c1-10(2)6-14-3-4-15-7-11-5-12(13)9-16-8-11/h5,8-10,14-15H,3-4,6-7H2,1-2H3. The molecule has 1 aromatic heterocycles. The molecule has 0 spiro atoms. The first-order valence-corrected chi connectivity index (χ1v) is 5.69. The maximum atomic E-state index is 12.8. The number of rotatable bonds is 7. The summed E-state index contributed by atoms with van der Waals surface area (Å²) < 4.78 is 12.8. The summed E-state index contributed by atoms with van der Waals surface area (Å²) in [6, 6.07) is 1.50. The summed E-state index contributed by atoms with van der Waals surface area (Å²) in [6.45, 7) is 7.86. The number of hydrogen-bond acceptors (Lipinski definition) is 3. The topological polar surface area (TPSA) is 37.0 Å². The van der Waals surface area contributed by atoms with Gasteiger partial charge in [0.05, 0.1) is 6.20 Å². The summed E-state index contributed by atoms with van der Waals surface area (Å²) in [7, 11) is 0. The van der Waals surface area contributed by atoms with E-state index in [0.29, 0.717) is 12.5 Å². The monoisotopic (exact) mass is 225 g/mol. The lowest BCUT2D eigenvalue weighted by molar-refractivity contribution is 0.534. The SMILES string of the molecule is CC(C)CNCCNCc1cncc(F)c1. The predicted molar refractivity (Wildman–Crippen MR) is 63.6 cm³/mol. The summed E-state index contributed by atoms with van der Waals surface area (Å²) >= 11 is 0. The van der Waals surface area contributed by atoms with Crippen molar-refractivity contribution in [2.75, 3.05) is 19.6 Å². The van der Waals surface area contributed by atoms with Gasteiger partial charge in [-0.2, -0.15) is 0 Å². The molecule has 0 fully saturated rings. The normalized spacial score (nSPS) is 11.0. The van der Waals surface area contributed by atoms with Gasteiger partial charge in [-0.25, -0.2) is 4.39 Å². The number of nitrogens with one attached hydrogen (secondary N) is 2. The molecule has 0 aromatic carbocycles. The van der Waals surface area contributed by atoms with Crippen molar-refractivity contribution >= 4 is 0 Å². The molecule has 0 saturated carbocycles. The zero-order chi connectivity index (χ0) is 11.8. The summed E-state index contributed by atoms with van der Waals surface area (Å²) in [5.74, 6) is 0.393. The molecule has 1 rings (SSSR count).